The Bertz CT molecular complexity index is 861. The molecule has 24 heavy (non-hydrogen) atoms. The second kappa shape index (κ2) is 6.09. The van der Waals surface area contributed by atoms with Gasteiger partial charge in [0.25, 0.3) is 0 Å². The SMILES string of the molecule is CN1CCN(c2ccc(-n3ncc4ccc(C=O)cc43)cc2)CC1. The van der Waals surface area contributed by atoms with E-state index in [0.29, 0.717) is 5.56 Å². The van der Waals surface area contributed by atoms with E-state index in [0.717, 1.165) is 49.1 Å². The van der Waals surface area contributed by atoms with Gasteiger partial charge in [0, 0.05) is 42.8 Å². The van der Waals surface area contributed by atoms with Crippen molar-refractivity contribution in [3.05, 3.63) is 54.2 Å². The molecule has 0 spiro atoms. The molecule has 3 aromatic rings. The quantitative estimate of drug-likeness (QED) is 0.696. The van der Waals surface area contributed by atoms with Crippen LogP contribution < -0.4 is 4.90 Å². The third kappa shape index (κ3) is 2.67. The highest BCUT2D eigenvalue weighted by Gasteiger charge is 2.14. The number of likely N-dealkylation sites (N-methyl/N-ethyl adjacent to an activating group) is 1. The van der Waals surface area contributed by atoms with Crippen LogP contribution in [0.4, 0.5) is 5.69 Å². The summed E-state index contributed by atoms with van der Waals surface area (Å²) in [5.41, 5.74) is 3.87. The van der Waals surface area contributed by atoms with E-state index in [2.05, 4.69) is 46.2 Å². The smallest absolute Gasteiger partial charge is 0.150 e. The number of rotatable bonds is 3. The van der Waals surface area contributed by atoms with Crippen molar-refractivity contribution in [3.8, 4) is 5.69 Å². The predicted molar refractivity (Wildman–Crippen MR) is 96.2 cm³/mol. The topological polar surface area (TPSA) is 41.4 Å². The van der Waals surface area contributed by atoms with Crippen molar-refractivity contribution in [2.75, 3.05) is 38.1 Å². The molecule has 122 valence electrons. The van der Waals surface area contributed by atoms with E-state index in [1.165, 1.54) is 5.69 Å². The summed E-state index contributed by atoms with van der Waals surface area (Å²) >= 11 is 0. The second-order valence-corrected chi connectivity index (χ2v) is 6.30. The molecule has 1 aliphatic rings. The minimum absolute atomic E-state index is 0.665. The maximum atomic E-state index is 11.0. The summed E-state index contributed by atoms with van der Waals surface area (Å²) in [6, 6.07) is 14.1. The van der Waals surface area contributed by atoms with Gasteiger partial charge < -0.3 is 9.80 Å². The second-order valence-electron chi connectivity index (χ2n) is 6.30. The Morgan fingerprint density at radius 3 is 2.38 bits per heavy atom. The van der Waals surface area contributed by atoms with Crippen LogP contribution in [0.5, 0.6) is 0 Å². The van der Waals surface area contributed by atoms with Crippen molar-refractivity contribution in [2.45, 2.75) is 0 Å². The van der Waals surface area contributed by atoms with Gasteiger partial charge in [-0.15, -0.1) is 0 Å². The number of aldehydes is 1. The van der Waals surface area contributed by atoms with E-state index in [1.807, 2.05) is 29.1 Å². The van der Waals surface area contributed by atoms with Crippen molar-refractivity contribution in [3.63, 3.8) is 0 Å². The molecule has 5 nitrogen and oxygen atoms in total. The van der Waals surface area contributed by atoms with Gasteiger partial charge in [-0.2, -0.15) is 5.10 Å². The summed E-state index contributed by atoms with van der Waals surface area (Å²) in [6.45, 7) is 4.31. The van der Waals surface area contributed by atoms with Crippen LogP contribution in [0.3, 0.4) is 0 Å². The summed E-state index contributed by atoms with van der Waals surface area (Å²) in [5, 5.41) is 5.50. The maximum Gasteiger partial charge on any atom is 0.150 e. The Morgan fingerprint density at radius 1 is 0.958 bits per heavy atom. The lowest BCUT2D eigenvalue weighted by Gasteiger charge is -2.34. The molecule has 1 aromatic heterocycles. The van der Waals surface area contributed by atoms with E-state index in [4.69, 9.17) is 0 Å². The number of aromatic nitrogens is 2. The number of anilines is 1. The minimum atomic E-state index is 0.665. The van der Waals surface area contributed by atoms with Crippen LogP contribution in [-0.4, -0.2) is 54.2 Å². The molecule has 2 aromatic carbocycles. The summed E-state index contributed by atoms with van der Waals surface area (Å²) in [7, 11) is 2.16. The zero-order chi connectivity index (χ0) is 16.5. The zero-order valence-corrected chi connectivity index (χ0v) is 13.7. The van der Waals surface area contributed by atoms with Crippen molar-refractivity contribution in [1.29, 1.82) is 0 Å². The third-order valence-electron chi connectivity index (χ3n) is 4.69. The first-order valence-corrected chi connectivity index (χ1v) is 8.21. The molecule has 5 heteroatoms. The summed E-state index contributed by atoms with van der Waals surface area (Å²) in [5.74, 6) is 0. The molecule has 0 bridgehead atoms. The lowest BCUT2D eigenvalue weighted by atomic mass is 10.2. The van der Waals surface area contributed by atoms with Crippen LogP contribution in [0.15, 0.2) is 48.7 Å². The lowest BCUT2D eigenvalue weighted by molar-refractivity contribution is 0.112. The van der Waals surface area contributed by atoms with Gasteiger partial charge in [-0.25, -0.2) is 4.68 Å². The summed E-state index contributed by atoms with van der Waals surface area (Å²) < 4.78 is 1.89. The Balaban J connectivity index is 1.64. The van der Waals surface area contributed by atoms with E-state index >= 15 is 0 Å². The highest BCUT2D eigenvalue weighted by Crippen LogP contribution is 2.22. The van der Waals surface area contributed by atoms with Gasteiger partial charge in [0.05, 0.1) is 17.4 Å². The van der Waals surface area contributed by atoms with Crippen LogP contribution in [0.2, 0.25) is 0 Å². The molecule has 0 unspecified atom stereocenters. The fourth-order valence-corrected chi connectivity index (χ4v) is 3.18. The van der Waals surface area contributed by atoms with Gasteiger partial charge in [-0.05, 0) is 37.4 Å². The number of piperazine rings is 1. The monoisotopic (exact) mass is 320 g/mol. The van der Waals surface area contributed by atoms with Gasteiger partial charge in [0.2, 0.25) is 0 Å². The number of benzene rings is 2. The molecule has 0 saturated carbocycles. The highest BCUT2D eigenvalue weighted by molar-refractivity contribution is 5.87. The average molecular weight is 320 g/mol. The molecular weight excluding hydrogens is 300 g/mol. The number of hydrogen-bond donors (Lipinski definition) is 0. The highest BCUT2D eigenvalue weighted by atomic mass is 16.1. The fraction of sp³-hybridized carbons (Fsp3) is 0.263. The molecule has 1 aliphatic heterocycles. The third-order valence-corrected chi connectivity index (χ3v) is 4.69. The predicted octanol–water partition coefficient (Wildman–Crippen LogP) is 2.59. The van der Waals surface area contributed by atoms with Crippen molar-refractivity contribution >= 4 is 22.9 Å². The largest absolute Gasteiger partial charge is 0.369 e. The van der Waals surface area contributed by atoms with Crippen LogP contribution in [0.25, 0.3) is 16.6 Å². The van der Waals surface area contributed by atoms with Crippen LogP contribution in [-0.2, 0) is 0 Å². The van der Waals surface area contributed by atoms with Crippen molar-refractivity contribution in [1.82, 2.24) is 14.7 Å². The van der Waals surface area contributed by atoms with Gasteiger partial charge in [-0.1, -0.05) is 12.1 Å². The zero-order valence-electron chi connectivity index (χ0n) is 13.7. The first-order chi connectivity index (χ1) is 11.7. The first kappa shape index (κ1) is 14.9. The van der Waals surface area contributed by atoms with E-state index < -0.39 is 0 Å². The summed E-state index contributed by atoms with van der Waals surface area (Å²) in [6.07, 6.45) is 2.70. The molecule has 2 heterocycles. The molecule has 1 fully saturated rings. The number of carbonyl (C=O) groups is 1. The molecule has 0 amide bonds. The van der Waals surface area contributed by atoms with Gasteiger partial charge in [0.15, 0.2) is 0 Å². The number of hydrogen-bond acceptors (Lipinski definition) is 4. The van der Waals surface area contributed by atoms with E-state index in [1.54, 1.807) is 0 Å². The molecule has 1 saturated heterocycles. The number of fused-ring (bicyclic) bond motifs is 1. The van der Waals surface area contributed by atoms with Gasteiger partial charge in [-0.3, -0.25) is 4.79 Å². The molecule has 0 radical (unpaired) electrons. The number of nitrogens with zero attached hydrogens (tertiary/aromatic N) is 4. The van der Waals surface area contributed by atoms with Gasteiger partial charge >= 0.3 is 0 Å². The van der Waals surface area contributed by atoms with Crippen LogP contribution in [0, 0.1) is 0 Å². The van der Waals surface area contributed by atoms with Crippen molar-refractivity contribution in [2.24, 2.45) is 0 Å². The molecular formula is C19H20N4O. The van der Waals surface area contributed by atoms with E-state index in [9.17, 15) is 4.79 Å². The maximum absolute atomic E-state index is 11.0. The fourth-order valence-electron chi connectivity index (χ4n) is 3.18. The lowest BCUT2D eigenvalue weighted by Crippen LogP contribution is -2.44. The molecule has 0 aliphatic carbocycles. The summed E-state index contributed by atoms with van der Waals surface area (Å²) in [4.78, 5) is 15.8. The Hall–Kier alpha value is -2.66. The standard InChI is InChI=1S/C19H20N4O/c1-21-8-10-22(11-9-21)17-4-6-18(7-5-17)23-19-12-15(14-24)2-3-16(19)13-20-23/h2-7,12-14H,8-11H2,1H3. The molecule has 0 N–H and O–H groups in total. The van der Waals surface area contributed by atoms with Crippen LogP contribution in [0.1, 0.15) is 10.4 Å². The Labute approximate surface area is 141 Å². The van der Waals surface area contributed by atoms with Crippen molar-refractivity contribution < 1.29 is 4.79 Å². The van der Waals surface area contributed by atoms with Gasteiger partial charge in [0.1, 0.15) is 6.29 Å². The Kier molecular flexibility index (Phi) is 3.78. The molecule has 4 rings (SSSR count). The molecule has 0 atom stereocenters. The average Bonchev–Trinajstić information content (AvgIpc) is 3.05. The minimum Gasteiger partial charge on any atom is -0.369 e. The normalized spacial score (nSPS) is 15.8. The first-order valence-electron chi connectivity index (χ1n) is 8.21. The number of carbonyl (C=O) groups excluding carboxylic acids is 1. The Morgan fingerprint density at radius 2 is 1.67 bits per heavy atom. The van der Waals surface area contributed by atoms with E-state index in [-0.39, 0.29) is 0 Å². The van der Waals surface area contributed by atoms with Crippen LogP contribution >= 0.6 is 0 Å².